The first-order chi connectivity index (χ1) is 17.5. The fraction of sp³-hybridized carbons (Fsp3) is 0.364. The molecule has 7 nitrogen and oxygen atoms in total. The van der Waals surface area contributed by atoms with Gasteiger partial charge < -0.3 is 4.90 Å². The van der Waals surface area contributed by atoms with E-state index in [2.05, 4.69) is 15.1 Å². The van der Waals surface area contributed by atoms with Crippen molar-refractivity contribution in [1.29, 1.82) is 0 Å². The summed E-state index contributed by atoms with van der Waals surface area (Å²) in [5.74, 6) is -4.28. The summed E-state index contributed by atoms with van der Waals surface area (Å²) < 4.78 is 109. The molecule has 0 N–H and O–H groups in total. The summed E-state index contributed by atoms with van der Waals surface area (Å²) in [7, 11) is 0. The molecule has 37 heavy (non-hydrogen) atoms. The maximum atomic E-state index is 14.5. The topological polar surface area (TPSA) is 68.3 Å². The largest absolute Gasteiger partial charge is 0.391 e. The van der Waals surface area contributed by atoms with E-state index in [4.69, 9.17) is 0 Å². The van der Waals surface area contributed by atoms with Crippen molar-refractivity contribution in [3.05, 3.63) is 48.1 Å². The van der Waals surface area contributed by atoms with E-state index in [1.807, 2.05) is 0 Å². The number of carbonyl (C=O) groups is 1. The molecule has 5 heterocycles. The lowest BCUT2D eigenvalue weighted by molar-refractivity contribution is -0.183. The van der Waals surface area contributed by atoms with Gasteiger partial charge in [0.1, 0.15) is 17.2 Å². The monoisotopic (exact) mass is 532 g/mol. The lowest BCUT2D eigenvalue weighted by Crippen LogP contribution is -2.42. The number of rotatable bonds is 4. The predicted molar refractivity (Wildman–Crippen MR) is 112 cm³/mol. The molecule has 196 valence electrons. The molecule has 0 aromatic carbocycles. The van der Waals surface area contributed by atoms with Gasteiger partial charge in [-0.2, -0.15) is 18.3 Å². The van der Waals surface area contributed by atoms with Crippen LogP contribution in [0.1, 0.15) is 29.6 Å². The molecule has 1 atom stereocenters. The average molecular weight is 532 g/mol. The summed E-state index contributed by atoms with van der Waals surface area (Å²) in [6.07, 6.45) is -8.44. The Kier molecular flexibility index (Phi) is 6.02. The molecule has 0 aliphatic carbocycles. The third-order valence-electron chi connectivity index (χ3n) is 6.27. The zero-order valence-electron chi connectivity index (χ0n) is 18.6. The number of aromatic nitrogens is 5. The first-order valence-corrected chi connectivity index (χ1v) is 10.9. The van der Waals surface area contributed by atoms with Gasteiger partial charge in [0.05, 0.1) is 23.3 Å². The van der Waals surface area contributed by atoms with Crippen LogP contribution in [0.5, 0.6) is 0 Å². The molecule has 5 rings (SSSR count). The first-order valence-electron chi connectivity index (χ1n) is 10.9. The number of fused-ring (bicyclic) bond motifs is 2. The van der Waals surface area contributed by atoms with Gasteiger partial charge in [0.2, 0.25) is 0 Å². The minimum absolute atomic E-state index is 0.0258. The van der Waals surface area contributed by atoms with Gasteiger partial charge in [-0.1, -0.05) is 0 Å². The van der Waals surface area contributed by atoms with Crippen molar-refractivity contribution in [3.63, 3.8) is 0 Å². The molecule has 0 spiro atoms. The van der Waals surface area contributed by atoms with Crippen LogP contribution in [0.15, 0.2) is 30.7 Å². The maximum Gasteiger partial charge on any atom is 0.391 e. The molecular weight excluding hydrogens is 516 g/mol. The Morgan fingerprint density at radius 1 is 1.03 bits per heavy atom. The van der Waals surface area contributed by atoms with E-state index in [9.17, 15) is 39.9 Å². The number of imidazole rings is 1. The van der Waals surface area contributed by atoms with Crippen LogP contribution < -0.4 is 0 Å². The van der Waals surface area contributed by atoms with Crippen molar-refractivity contribution in [2.75, 3.05) is 13.1 Å². The SMILES string of the molecule is O=C(c1cc2c(cn1)c(-c1cnc3c(F)cc(F)cn13)nn2C(F)C(F)F)N1CCC(C(F)(F)F)CC1. The number of carbonyl (C=O) groups excluding carboxylic acids is 1. The van der Waals surface area contributed by atoms with Crippen LogP contribution in [0.2, 0.25) is 0 Å². The summed E-state index contributed by atoms with van der Waals surface area (Å²) in [6.45, 7) is -0.399. The Hall–Kier alpha value is -3.78. The molecule has 0 radical (unpaired) electrons. The quantitative estimate of drug-likeness (QED) is 0.340. The van der Waals surface area contributed by atoms with Crippen molar-refractivity contribution in [2.24, 2.45) is 5.92 Å². The summed E-state index contributed by atoms with van der Waals surface area (Å²) in [5.41, 5.74) is -1.14. The highest BCUT2D eigenvalue weighted by atomic mass is 19.4. The third-order valence-corrected chi connectivity index (χ3v) is 6.27. The number of halogens is 8. The number of likely N-dealkylation sites (tertiary alicyclic amines) is 1. The Labute approximate surface area is 202 Å². The van der Waals surface area contributed by atoms with Gasteiger partial charge in [0.15, 0.2) is 11.5 Å². The van der Waals surface area contributed by atoms with E-state index in [-0.39, 0.29) is 59.6 Å². The van der Waals surface area contributed by atoms with Crippen molar-refractivity contribution in [1.82, 2.24) is 29.0 Å². The van der Waals surface area contributed by atoms with Crippen molar-refractivity contribution >= 4 is 22.5 Å². The number of hydrogen-bond acceptors (Lipinski definition) is 4. The number of amides is 1. The smallest absolute Gasteiger partial charge is 0.337 e. The molecule has 1 unspecified atom stereocenters. The maximum absolute atomic E-state index is 14.5. The van der Waals surface area contributed by atoms with Crippen molar-refractivity contribution in [2.45, 2.75) is 31.7 Å². The van der Waals surface area contributed by atoms with E-state index >= 15 is 0 Å². The predicted octanol–water partition coefficient (Wildman–Crippen LogP) is 5.17. The summed E-state index contributed by atoms with van der Waals surface area (Å²) in [4.78, 5) is 21.9. The van der Waals surface area contributed by atoms with Crippen LogP contribution in [0.4, 0.5) is 35.1 Å². The van der Waals surface area contributed by atoms with Crippen LogP contribution in [-0.4, -0.2) is 60.6 Å². The summed E-state index contributed by atoms with van der Waals surface area (Å²) >= 11 is 0. The summed E-state index contributed by atoms with van der Waals surface area (Å²) in [6, 6.07) is 1.59. The molecule has 4 aromatic rings. The van der Waals surface area contributed by atoms with Crippen LogP contribution in [0.25, 0.3) is 27.9 Å². The van der Waals surface area contributed by atoms with Crippen LogP contribution in [0.3, 0.4) is 0 Å². The minimum Gasteiger partial charge on any atom is -0.337 e. The second-order valence-corrected chi connectivity index (χ2v) is 8.54. The Morgan fingerprint density at radius 3 is 2.38 bits per heavy atom. The summed E-state index contributed by atoms with van der Waals surface area (Å²) in [5, 5.41) is 3.85. The Morgan fingerprint density at radius 2 is 1.73 bits per heavy atom. The van der Waals surface area contributed by atoms with E-state index in [1.54, 1.807) is 0 Å². The number of piperidine rings is 1. The molecular formula is C22H16F8N6O. The number of nitrogens with zero attached hydrogens (tertiary/aromatic N) is 6. The average Bonchev–Trinajstić information content (AvgIpc) is 3.43. The van der Waals surface area contributed by atoms with Crippen LogP contribution >= 0.6 is 0 Å². The van der Waals surface area contributed by atoms with Crippen molar-refractivity contribution in [3.8, 4) is 11.4 Å². The minimum atomic E-state index is -4.38. The molecule has 15 heteroatoms. The molecule has 0 bridgehead atoms. The van der Waals surface area contributed by atoms with Crippen molar-refractivity contribution < 1.29 is 39.9 Å². The number of hydrogen-bond donors (Lipinski definition) is 0. The molecule has 0 saturated carbocycles. The molecule has 1 saturated heterocycles. The van der Waals surface area contributed by atoms with Gasteiger partial charge in [-0.15, -0.1) is 0 Å². The second-order valence-electron chi connectivity index (χ2n) is 8.54. The van der Waals surface area contributed by atoms with Crippen LogP contribution in [0, 0.1) is 17.6 Å². The lowest BCUT2D eigenvalue weighted by Gasteiger charge is -2.32. The van der Waals surface area contributed by atoms with E-state index in [0.29, 0.717) is 10.7 Å². The van der Waals surface area contributed by atoms with E-state index in [0.717, 1.165) is 34.0 Å². The molecule has 1 amide bonds. The highest BCUT2D eigenvalue weighted by molar-refractivity contribution is 5.99. The van der Waals surface area contributed by atoms with E-state index in [1.165, 1.54) is 0 Å². The van der Waals surface area contributed by atoms with Gasteiger partial charge in [0, 0.05) is 36.9 Å². The highest BCUT2D eigenvalue weighted by Gasteiger charge is 2.42. The second kappa shape index (κ2) is 8.95. The number of alkyl halides is 6. The zero-order valence-corrected chi connectivity index (χ0v) is 18.6. The Bertz CT molecular complexity index is 1490. The molecule has 1 fully saturated rings. The van der Waals surface area contributed by atoms with Gasteiger partial charge in [0.25, 0.3) is 18.6 Å². The van der Waals surface area contributed by atoms with E-state index < -0.39 is 42.4 Å². The Balaban J connectivity index is 1.57. The first kappa shape index (κ1) is 24.9. The molecule has 1 aliphatic rings. The van der Waals surface area contributed by atoms with Gasteiger partial charge in [-0.25, -0.2) is 31.6 Å². The fourth-order valence-electron chi connectivity index (χ4n) is 4.39. The van der Waals surface area contributed by atoms with Gasteiger partial charge >= 0.3 is 6.18 Å². The molecule has 4 aromatic heterocycles. The lowest BCUT2D eigenvalue weighted by atomic mass is 9.96. The zero-order chi connectivity index (χ0) is 26.6. The third kappa shape index (κ3) is 4.35. The number of pyridine rings is 2. The molecule has 1 aliphatic heterocycles. The standard InChI is InChI=1S/C22H16F8N6O/c23-11-5-13(24)20-32-8-16(35(20)9-11)17-12-7-31-14(6-15(12)36(33-17)19(27)18(25)26)21(37)34-3-1-10(2-4-34)22(28,29)30/h5-10,18-19H,1-4H2. The normalized spacial score (nSPS) is 16.3. The fourth-order valence-corrected chi connectivity index (χ4v) is 4.39. The van der Waals surface area contributed by atoms with Gasteiger partial charge in [-0.05, 0) is 18.9 Å². The van der Waals surface area contributed by atoms with Gasteiger partial charge in [-0.3, -0.25) is 14.2 Å². The van der Waals surface area contributed by atoms with Crippen LogP contribution in [-0.2, 0) is 0 Å². The highest BCUT2D eigenvalue weighted by Crippen LogP contribution is 2.35.